The van der Waals surface area contributed by atoms with Crippen LogP contribution in [0, 0.1) is 11.3 Å². The first-order chi connectivity index (χ1) is 9.44. The van der Waals surface area contributed by atoms with Crippen molar-refractivity contribution in [1.29, 1.82) is 5.26 Å². The Morgan fingerprint density at radius 3 is 2.70 bits per heavy atom. The lowest BCUT2D eigenvalue weighted by Crippen LogP contribution is -2.24. The van der Waals surface area contributed by atoms with Gasteiger partial charge in [-0.2, -0.15) is 5.26 Å². The van der Waals surface area contributed by atoms with Crippen molar-refractivity contribution in [2.24, 2.45) is 7.05 Å². The third-order valence-corrected chi connectivity index (χ3v) is 4.58. The van der Waals surface area contributed by atoms with Crippen LogP contribution in [-0.4, -0.2) is 13.0 Å². The molecule has 0 aliphatic rings. The van der Waals surface area contributed by atoms with Crippen molar-refractivity contribution in [3.63, 3.8) is 0 Å². The predicted molar refractivity (Wildman–Crippen MR) is 75.6 cm³/mol. The molecule has 0 fully saturated rings. The van der Waals surface area contributed by atoms with Gasteiger partial charge in [0.25, 0.3) is 0 Å². The van der Waals surface area contributed by atoms with E-state index < -0.39 is 10.0 Å². The molecule has 0 unspecified atom stereocenters. The number of aryl methyl sites for hydroxylation is 1. The van der Waals surface area contributed by atoms with Crippen LogP contribution < -0.4 is 4.72 Å². The lowest BCUT2D eigenvalue weighted by atomic mass is 10.2. The zero-order valence-electron chi connectivity index (χ0n) is 10.7. The minimum atomic E-state index is -3.66. The van der Waals surface area contributed by atoms with Crippen LogP contribution in [0.25, 0.3) is 0 Å². The van der Waals surface area contributed by atoms with Gasteiger partial charge in [0.15, 0.2) is 0 Å². The Hall–Kier alpha value is -1.81. The summed E-state index contributed by atoms with van der Waals surface area (Å²) in [7, 11) is -1.82. The molecule has 0 bridgehead atoms. The lowest BCUT2D eigenvalue weighted by Gasteiger charge is -2.08. The third-order valence-electron chi connectivity index (χ3n) is 2.87. The van der Waals surface area contributed by atoms with E-state index in [1.165, 1.54) is 18.2 Å². The van der Waals surface area contributed by atoms with Gasteiger partial charge in [-0.15, -0.1) is 0 Å². The number of hydrogen-bond donors (Lipinski definition) is 1. The second-order valence-electron chi connectivity index (χ2n) is 4.19. The fourth-order valence-electron chi connectivity index (χ4n) is 1.69. The second kappa shape index (κ2) is 5.67. The highest BCUT2D eigenvalue weighted by Gasteiger charge is 2.15. The Morgan fingerprint density at radius 1 is 1.40 bits per heavy atom. The molecule has 0 spiro atoms. The number of nitriles is 1. The van der Waals surface area contributed by atoms with Crippen molar-refractivity contribution < 1.29 is 8.42 Å². The van der Waals surface area contributed by atoms with Gasteiger partial charge in [0.1, 0.15) is 6.07 Å². The van der Waals surface area contributed by atoms with Gasteiger partial charge in [0.05, 0.1) is 22.0 Å². The summed E-state index contributed by atoms with van der Waals surface area (Å²) in [5, 5.41) is 8.89. The summed E-state index contributed by atoms with van der Waals surface area (Å²) < 4.78 is 28.6. The molecule has 1 N–H and O–H groups in total. The van der Waals surface area contributed by atoms with Crippen LogP contribution in [-0.2, 0) is 23.6 Å². The van der Waals surface area contributed by atoms with Crippen molar-refractivity contribution in [2.45, 2.75) is 11.4 Å². The van der Waals surface area contributed by atoms with Crippen molar-refractivity contribution in [1.82, 2.24) is 9.29 Å². The quantitative estimate of drug-likeness (QED) is 0.939. The van der Waals surface area contributed by atoms with E-state index >= 15 is 0 Å². The smallest absolute Gasteiger partial charge is 0.240 e. The molecule has 2 aromatic rings. The maximum Gasteiger partial charge on any atom is 0.240 e. The molecule has 5 nitrogen and oxygen atoms in total. The van der Waals surface area contributed by atoms with Crippen LogP contribution >= 0.6 is 11.6 Å². The maximum absolute atomic E-state index is 12.1. The van der Waals surface area contributed by atoms with Crippen LogP contribution in [0.15, 0.2) is 41.4 Å². The molecule has 0 radical (unpaired) electrons. The average Bonchev–Trinajstić information content (AvgIpc) is 2.82. The van der Waals surface area contributed by atoms with Crippen molar-refractivity contribution in [2.75, 3.05) is 0 Å². The van der Waals surface area contributed by atoms with E-state index in [-0.39, 0.29) is 22.0 Å². The summed E-state index contributed by atoms with van der Waals surface area (Å²) in [5.74, 6) is 0. The Bertz CT molecular complexity index is 775. The summed E-state index contributed by atoms with van der Waals surface area (Å²) in [4.78, 5) is 0.0377. The molecule has 104 valence electrons. The van der Waals surface area contributed by atoms with Gasteiger partial charge in [-0.25, -0.2) is 13.1 Å². The molecule has 0 saturated carbocycles. The highest BCUT2D eigenvalue weighted by molar-refractivity contribution is 7.89. The fraction of sp³-hybridized carbons (Fsp3) is 0.154. The van der Waals surface area contributed by atoms with Gasteiger partial charge in [-0.1, -0.05) is 11.6 Å². The van der Waals surface area contributed by atoms with Gasteiger partial charge in [0, 0.05) is 18.9 Å². The second-order valence-corrected chi connectivity index (χ2v) is 6.36. The highest BCUT2D eigenvalue weighted by Crippen LogP contribution is 2.20. The average molecular weight is 310 g/mol. The zero-order valence-corrected chi connectivity index (χ0v) is 12.2. The van der Waals surface area contributed by atoms with Gasteiger partial charge in [0.2, 0.25) is 10.0 Å². The first kappa shape index (κ1) is 14.6. The Labute approximate surface area is 122 Å². The van der Waals surface area contributed by atoms with Crippen LogP contribution in [0.2, 0.25) is 5.02 Å². The minimum absolute atomic E-state index is 0.0377. The van der Waals surface area contributed by atoms with Gasteiger partial charge < -0.3 is 4.57 Å². The van der Waals surface area contributed by atoms with Gasteiger partial charge in [-0.3, -0.25) is 0 Å². The molecule has 20 heavy (non-hydrogen) atoms. The van der Waals surface area contributed by atoms with Crippen LogP contribution in [0.5, 0.6) is 0 Å². The van der Waals surface area contributed by atoms with E-state index in [9.17, 15) is 8.42 Å². The first-order valence-corrected chi connectivity index (χ1v) is 7.59. The van der Waals surface area contributed by atoms with E-state index in [0.29, 0.717) is 0 Å². The van der Waals surface area contributed by atoms with E-state index in [0.717, 1.165) is 5.69 Å². The van der Waals surface area contributed by atoms with Crippen LogP contribution in [0.4, 0.5) is 0 Å². The number of nitrogens with one attached hydrogen (secondary N) is 1. The molecule has 0 aliphatic carbocycles. The fourth-order valence-corrected chi connectivity index (χ4v) is 3.00. The molecule has 0 amide bonds. The monoisotopic (exact) mass is 309 g/mol. The van der Waals surface area contributed by atoms with E-state index in [1.807, 2.05) is 36.0 Å². The molecular weight excluding hydrogens is 298 g/mol. The highest BCUT2D eigenvalue weighted by atomic mass is 35.5. The summed E-state index contributed by atoms with van der Waals surface area (Å²) >= 11 is 5.84. The van der Waals surface area contributed by atoms with E-state index in [4.69, 9.17) is 16.9 Å². The van der Waals surface area contributed by atoms with Gasteiger partial charge >= 0.3 is 0 Å². The van der Waals surface area contributed by atoms with Crippen LogP contribution in [0.1, 0.15) is 11.3 Å². The minimum Gasteiger partial charge on any atom is -0.353 e. The molecule has 1 heterocycles. The molecule has 0 atom stereocenters. The molecule has 1 aromatic carbocycles. The number of nitrogens with zero attached hydrogens (tertiary/aromatic N) is 2. The number of aromatic nitrogens is 1. The Balaban J connectivity index is 2.21. The molecule has 1 aromatic heterocycles. The van der Waals surface area contributed by atoms with Crippen molar-refractivity contribution in [3.8, 4) is 6.07 Å². The summed E-state index contributed by atoms with van der Waals surface area (Å²) in [6.45, 7) is 0.184. The van der Waals surface area contributed by atoms with Crippen molar-refractivity contribution in [3.05, 3.63) is 52.8 Å². The number of rotatable bonds is 4. The predicted octanol–water partition coefficient (Wildman–Crippen LogP) is 2.03. The molecule has 0 aliphatic heterocycles. The Morgan fingerprint density at radius 2 is 2.15 bits per heavy atom. The zero-order chi connectivity index (χ0) is 14.8. The molecular formula is C13H12ClN3O2S. The Kier molecular flexibility index (Phi) is 4.14. The van der Waals surface area contributed by atoms with Crippen LogP contribution in [0.3, 0.4) is 0 Å². The lowest BCUT2D eigenvalue weighted by molar-refractivity contribution is 0.579. The number of halogens is 1. The normalized spacial score (nSPS) is 11.2. The number of hydrogen-bond acceptors (Lipinski definition) is 3. The standard InChI is InChI=1S/C13H12ClN3O2S/c1-17-6-2-3-11(17)9-16-20(18,19)12-5-4-10(8-15)13(14)7-12/h2-7,16H,9H2,1H3. The SMILES string of the molecule is Cn1cccc1CNS(=O)(=O)c1ccc(C#N)c(Cl)c1. The third kappa shape index (κ3) is 3.02. The molecule has 0 saturated heterocycles. The first-order valence-electron chi connectivity index (χ1n) is 5.73. The van der Waals surface area contributed by atoms with E-state index in [2.05, 4.69) is 4.72 Å². The number of benzene rings is 1. The summed E-state index contributed by atoms with van der Waals surface area (Å²) in [5.41, 5.74) is 1.08. The largest absolute Gasteiger partial charge is 0.353 e. The summed E-state index contributed by atoms with van der Waals surface area (Å²) in [6, 6.07) is 9.57. The number of sulfonamides is 1. The molecule has 2 rings (SSSR count). The van der Waals surface area contributed by atoms with E-state index in [1.54, 1.807) is 0 Å². The van der Waals surface area contributed by atoms with Crippen molar-refractivity contribution >= 4 is 21.6 Å². The topological polar surface area (TPSA) is 74.9 Å². The molecule has 7 heteroatoms. The maximum atomic E-state index is 12.1. The summed E-state index contributed by atoms with van der Waals surface area (Å²) in [6.07, 6.45) is 1.84. The van der Waals surface area contributed by atoms with Gasteiger partial charge in [-0.05, 0) is 30.3 Å².